The molecule has 2 aromatic rings. The fourth-order valence-electron chi connectivity index (χ4n) is 1.87. The average Bonchev–Trinajstić information content (AvgIpc) is 2.87. The van der Waals surface area contributed by atoms with Gasteiger partial charge in [-0.1, -0.05) is 24.6 Å². The molecular formula is C13H18ClN5O. The van der Waals surface area contributed by atoms with Crippen molar-refractivity contribution in [2.45, 2.75) is 26.3 Å². The zero-order valence-electron chi connectivity index (χ0n) is 11.4. The summed E-state index contributed by atoms with van der Waals surface area (Å²) < 4.78 is 7.14. The molecule has 0 unspecified atom stereocenters. The summed E-state index contributed by atoms with van der Waals surface area (Å²) in [6.07, 6.45) is 1.86. The highest BCUT2D eigenvalue weighted by molar-refractivity contribution is 6.33. The molecule has 0 spiro atoms. The molecule has 1 aromatic carbocycles. The van der Waals surface area contributed by atoms with Crippen LogP contribution in [0.25, 0.3) is 11.4 Å². The highest BCUT2D eigenvalue weighted by atomic mass is 35.5. The van der Waals surface area contributed by atoms with Crippen molar-refractivity contribution in [3.63, 3.8) is 0 Å². The lowest BCUT2D eigenvalue weighted by Gasteiger charge is -2.08. The molecule has 0 amide bonds. The van der Waals surface area contributed by atoms with Gasteiger partial charge in [-0.3, -0.25) is 0 Å². The van der Waals surface area contributed by atoms with Crippen molar-refractivity contribution in [3.8, 4) is 11.4 Å². The Kier molecular flexibility index (Phi) is 5.31. The van der Waals surface area contributed by atoms with Crippen LogP contribution in [0.3, 0.4) is 0 Å². The number of anilines is 1. The molecule has 0 radical (unpaired) electrons. The molecule has 0 aliphatic rings. The highest BCUT2D eigenvalue weighted by Crippen LogP contribution is 2.31. The van der Waals surface area contributed by atoms with Gasteiger partial charge in [-0.25, -0.2) is 4.68 Å². The van der Waals surface area contributed by atoms with E-state index in [1.807, 2.05) is 0 Å². The molecule has 1 heterocycles. The molecule has 1 aromatic heterocycles. The summed E-state index contributed by atoms with van der Waals surface area (Å²) in [7, 11) is 0. The van der Waals surface area contributed by atoms with Crippen LogP contribution in [-0.2, 0) is 11.3 Å². The maximum absolute atomic E-state index is 6.18. The van der Waals surface area contributed by atoms with Gasteiger partial charge in [-0.15, -0.1) is 5.10 Å². The molecule has 0 aliphatic heterocycles. The van der Waals surface area contributed by atoms with E-state index in [2.05, 4.69) is 22.4 Å². The van der Waals surface area contributed by atoms with E-state index in [0.717, 1.165) is 19.4 Å². The molecule has 2 rings (SSSR count). The summed E-state index contributed by atoms with van der Waals surface area (Å²) in [5.41, 5.74) is 7.20. The van der Waals surface area contributed by atoms with Crippen molar-refractivity contribution in [3.05, 3.63) is 23.2 Å². The molecule has 108 valence electrons. The normalized spacial score (nSPS) is 10.9. The third kappa shape index (κ3) is 3.46. The smallest absolute Gasteiger partial charge is 0.185 e. The van der Waals surface area contributed by atoms with Crippen LogP contribution in [0.4, 0.5) is 5.69 Å². The minimum Gasteiger partial charge on any atom is -0.398 e. The van der Waals surface area contributed by atoms with Crippen LogP contribution in [0.1, 0.15) is 19.8 Å². The predicted molar refractivity (Wildman–Crippen MR) is 78.4 cm³/mol. The van der Waals surface area contributed by atoms with E-state index in [4.69, 9.17) is 22.1 Å². The van der Waals surface area contributed by atoms with Gasteiger partial charge in [0.15, 0.2) is 5.82 Å². The number of tetrazole rings is 1. The summed E-state index contributed by atoms with van der Waals surface area (Å²) in [5, 5.41) is 12.2. The molecule has 0 saturated carbocycles. The molecule has 0 atom stereocenters. The molecule has 0 bridgehead atoms. The molecule has 6 nitrogen and oxygen atoms in total. The average molecular weight is 296 g/mol. The third-order valence-corrected chi connectivity index (χ3v) is 3.12. The van der Waals surface area contributed by atoms with Crippen LogP contribution in [0.5, 0.6) is 0 Å². The first-order valence-electron chi connectivity index (χ1n) is 6.62. The number of hydrogen-bond donors (Lipinski definition) is 1. The van der Waals surface area contributed by atoms with E-state index < -0.39 is 0 Å². The fraction of sp³-hybridized carbons (Fsp3) is 0.462. The van der Waals surface area contributed by atoms with Gasteiger partial charge in [-0.05, 0) is 35.4 Å². The summed E-state index contributed by atoms with van der Waals surface area (Å²) >= 11 is 6.18. The summed E-state index contributed by atoms with van der Waals surface area (Å²) in [5.74, 6) is 0.587. The minimum absolute atomic E-state index is 0.545. The largest absolute Gasteiger partial charge is 0.398 e. The molecule has 7 heteroatoms. The highest BCUT2D eigenvalue weighted by Gasteiger charge is 2.15. The third-order valence-electron chi connectivity index (χ3n) is 2.81. The maximum Gasteiger partial charge on any atom is 0.185 e. The monoisotopic (exact) mass is 295 g/mol. The first-order chi connectivity index (χ1) is 9.74. The summed E-state index contributed by atoms with van der Waals surface area (Å²) in [6, 6.07) is 5.36. The van der Waals surface area contributed by atoms with E-state index in [-0.39, 0.29) is 0 Å². The number of aromatic nitrogens is 4. The van der Waals surface area contributed by atoms with E-state index in [0.29, 0.717) is 35.2 Å². The van der Waals surface area contributed by atoms with E-state index >= 15 is 0 Å². The Labute approximate surface area is 122 Å². The Balaban J connectivity index is 2.09. The predicted octanol–water partition coefficient (Wildman–Crippen LogP) is 2.39. The van der Waals surface area contributed by atoms with Gasteiger partial charge in [-0.2, -0.15) is 0 Å². The van der Waals surface area contributed by atoms with Gasteiger partial charge < -0.3 is 10.5 Å². The molecule has 0 fully saturated rings. The van der Waals surface area contributed by atoms with Gasteiger partial charge in [0.25, 0.3) is 0 Å². The minimum atomic E-state index is 0.545. The zero-order chi connectivity index (χ0) is 14.4. The Morgan fingerprint density at radius 2 is 2.20 bits per heavy atom. The van der Waals surface area contributed by atoms with Crippen molar-refractivity contribution in [1.82, 2.24) is 20.2 Å². The SMILES string of the molecule is CCCOCCCn1nnnc1-c1c(N)cccc1Cl. The Hall–Kier alpha value is -1.66. The number of hydrogen-bond acceptors (Lipinski definition) is 5. The van der Waals surface area contributed by atoms with E-state index in [9.17, 15) is 0 Å². The number of rotatable bonds is 7. The Morgan fingerprint density at radius 1 is 1.35 bits per heavy atom. The number of nitrogens with zero attached hydrogens (tertiary/aromatic N) is 4. The van der Waals surface area contributed by atoms with E-state index in [1.165, 1.54) is 0 Å². The molecular weight excluding hydrogens is 278 g/mol. The molecule has 0 saturated heterocycles. The van der Waals surface area contributed by atoms with Gasteiger partial charge in [0.1, 0.15) is 0 Å². The van der Waals surface area contributed by atoms with Crippen molar-refractivity contribution < 1.29 is 4.74 Å². The van der Waals surface area contributed by atoms with Crippen molar-refractivity contribution in [1.29, 1.82) is 0 Å². The van der Waals surface area contributed by atoms with Gasteiger partial charge >= 0.3 is 0 Å². The molecule has 2 N–H and O–H groups in total. The Morgan fingerprint density at radius 3 is 2.95 bits per heavy atom. The second-order valence-electron chi connectivity index (χ2n) is 4.40. The van der Waals surface area contributed by atoms with Crippen LogP contribution in [0, 0.1) is 0 Å². The summed E-state index contributed by atoms with van der Waals surface area (Å²) in [4.78, 5) is 0. The number of nitrogen functional groups attached to an aromatic ring is 1. The van der Waals surface area contributed by atoms with Crippen LogP contribution < -0.4 is 5.73 Å². The fourth-order valence-corrected chi connectivity index (χ4v) is 2.14. The number of halogens is 1. The quantitative estimate of drug-likeness (QED) is 0.627. The summed E-state index contributed by atoms with van der Waals surface area (Å²) in [6.45, 7) is 4.21. The number of ether oxygens (including phenoxy) is 1. The number of nitrogens with two attached hydrogens (primary N) is 1. The zero-order valence-corrected chi connectivity index (χ0v) is 12.2. The second-order valence-corrected chi connectivity index (χ2v) is 4.80. The topological polar surface area (TPSA) is 78.8 Å². The van der Waals surface area contributed by atoms with Crippen molar-refractivity contribution >= 4 is 17.3 Å². The lowest BCUT2D eigenvalue weighted by molar-refractivity contribution is 0.128. The first kappa shape index (κ1) is 14.7. The molecule has 0 aliphatic carbocycles. The van der Waals surface area contributed by atoms with Crippen LogP contribution in [-0.4, -0.2) is 33.4 Å². The van der Waals surface area contributed by atoms with Gasteiger partial charge in [0.05, 0.1) is 10.6 Å². The second kappa shape index (κ2) is 7.21. The lowest BCUT2D eigenvalue weighted by atomic mass is 10.1. The first-order valence-corrected chi connectivity index (χ1v) is 7.00. The van der Waals surface area contributed by atoms with Crippen molar-refractivity contribution in [2.24, 2.45) is 0 Å². The van der Waals surface area contributed by atoms with Gasteiger partial charge in [0.2, 0.25) is 0 Å². The lowest BCUT2D eigenvalue weighted by Crippen LogP contribution is -2.07. The number of aryl methyl sites for hydroxylation is 1. The van der Waals surface area contributed by atoms with Crippen LogP contribution >= 0.6 is 11.6 Å². The van der Waals surface area contributed by atoms with Gasteiger partial charge in [0, 0.05) is 25.4 Å². The van der Waals surface area contributed by atoms with Crippen LogP contribution in [0.2, 0.25) is 5.02 Å². The van der Waals surface area contributed by atoms with E-state index in [1.54, 1.807) is 22.9 Å². The molecule has 20 heavy (non-hydrogen) atoms. The number of benzene rings is 1. The maximum atomic E-state index is 6.18. The van der Waals surface area contributed by atoms with Crippen molar-refractivity contribution in [2.75, 3.05) is 18.9 Å². The standard InChI is InChI=1S/C13H18ClN5O/c1-2-8-20-9-4-7-19-13(16-17-18-19)12-10(14)5-3-6-11(12)15/h3,5-6H,2,4,7-9,15H2,1H3. The van der Waals surface area contributed by atoms with Crippen LogP contribution in [0.15, 0.2) is 18.2 Å². The Bertz CT molecular complexity index is 537.